The molecule has 0 bridgehead atoms. The number of piperazine rings is 1. The molecule has 2 heterocycles. The van der Waals surface area contributed by atoms with Gasteiger partial charge in [-0.15, -0.1) is 0 Å². The van der Waals surface area contributed by atoms with E-state index in [0.29, 0.717) is 38.5 Å². The highest BCUT2D eigenvalue weighted by molar-refractivity contribution is 6.33. The molecule has 4 rings (SSSR count). The summed E-state index contributed by atoms with van der Waals surface area (Å²) in [5, 5.41) is 1.02. The fourth-order valence-corrected chi connectivity index (χ4v) is 3.84. The molecule has 1 aromatic heterocycles. The minimum Gasteiger partial charge on any atom is -0.494 e. The maximum Gasteiger partial charge on any atom is 0.270 e. The molecule has 2 aromatic carbocycles. The molecule has 1 fully saturated rings. The fourth-order valence-electron chi connectivity index (χ4n) is 3.59. The van der Waals surface area contributed by atoms with E-state index in [2.05, 4.69) is 4.98 Å². The summed E-state index contributed by atoms with van der Waals surface area (Å²) < 4.78 is 18.7. The number of carbonyl (C=O) groups is 2. The molecule has 2 amide bonds. The number of H-pyrrole nitrogens is 1. The zero-order valence-electron chi connectivity index (χ0n) is 16.5. The van der Waals surface area contributed by atoms with Gasteiger partial charge in [-0.1, -0.05) is 11.6 Å². The van der Waals surface area contributed by atoms with Crippen molar-refractivity contribution in [2.75, 3.05) is 32.8 Å². The monoisotopic (exact) mass is 429 g/mol. The lowest BCUT2D eigenvalue weighted by molar-refractivity contribution is 0.0533. The average Bonchev–Trinajstić information content (AvgIpc) is 3.16. The van der Waals surface area contributed by atoms with Crippen LogP contribution in [-0.4, -0.2) is 59.4 Å². The van der Waals surface area contributed by atoms with Crippen LogP contribution in [0.15, 0.2) is 42.5 Å². The van der Waals surface area contributed by atoms with Gasteiger partial charge in [0, 0.05) is 43.1 Å². The van der Waals surface area contributed by atoms with Crippen LogP contribution in [0.5, 0.6) is 5.75 Å². The zero-order valence-corrected chi connectivity index (χ0v) is 17.2. The molecule has 1 N–H and O–H groups in total. The number of amides is 2. The Morgan fingerprint density at radius 1 is 1.03 bits per heavy atom. The highest BCUT2D eigenvalue weighted by atomic mass is 35.5. The molecule has 30 heavy (non-hydrogen) atoms. The number of aromatic amines is 1. The normalized spacial score (nSPS) is 14.2. The molecule has 0 aliphatic carbocycles. The zero-order chi connectivity index (χ0) is 21.3. The van der Waals surface area contributed by atoms with Gasteiger partial charge in [0.1, 0.15) is 17.3 Å². The molecular weight excluding hydrogens is 409 g/mol. The Bertz CT molecular complexity index is 1110. The molecule has 6 nitrogen and oxygen atoms in total. The van der Waals surface area contributed by atoms with Crippen molar-refractivity contribution in [3.63, 3.8) is 0 Å². The Kier molecular flexibility index (Phi) is 5.63. The second kappa shape index (κ2) is 8.36. The number of hydrogen-bond acceptors (Lipinski definition) is 3. The summed E-state index contributed by atoms with van der Waals surface area (Å²) in [5.41, 5.74) is 1.60. The summed E-state index contributed by atoms with van der Waals surface area (Å²) in [6, 6.07) is 11.2. The van der Waals surface area contributed by atoms with Crippen molar-refractivity contribution in [2.24, 2.45) is 0 Å². The number of aromatic nitrogens is 1. The summed E-state index contributed by atoms with van der Waals surface area (Å²) in [6.07, 6.45) is 0. The minimum absolute atomic E-state index is 0.0861. The van der Waals surface area contributed by atoms with Gasteiger partial charge in [-0.3, -0.25) is 9.59 Å². The SMILES string of the molecule is CCOc1ccc2cc(C(=O)N3CCN(C(=O)c4ccc(F)cc4Cl)CC3)[nH]c2c1. The van der Waals surface area contributed by atoms with E-state index in [0.717, 1.165) is 22.7 Å². The molecule has 1 aliphatic rings. The van der Waals surface area contributed by atoms with Gasteiger partial charge < -0.3 is 19.5 Å². The number of nitrogens with one attached hydrogen (secondary N) is 1. The first-order valence-electron chi connectivity index (χ1n) is 9.75. The van der Waals surface area contributed by atoms with Crippen molar-refractivity contribution in [1.29, 1.82) is 0 Å². The molecule has 1 saturated heterocycles. The van der Waals surface area contributed by atoms with Crippen molar-refractivity contribution in [2.45, 2.75) is 6.92 Å². The van der Waals surface area contributed by atoms with E-state index in [4.69, 9.17) is 16.3 Å². The number of halogens is 2. The largest absolute Gasteiger partial charge is 0.494 e. The molecule has 0 saturated carbocycles. The van der Waals surface area contributed by atoms with Crippen molar-refractivity contribution >= 4 is 34.3 Å². The Morgan fingerprint density at radius 2 is 1.73 bits per heavy atom. The Hall–Kier alpha value is -3.06. The van der Waals surface area contributed by atoms with Gasteiger partial charge >= 0.3 is 0 Å². The van der Waals surface area contributed by atoms with Crippen LogP contribution >= 0.6 is 11.6 Å². The van der Waals surface area contributed by atoms with Crippen LogP contribution in [0.25, 0.3) is 10.9 Å². The van der Waals surface area contributed by atoms with Crippen molar-refractivity contribution in [1.82, 2.24) is 14.8 Å². The molecule has 156 valence electrons. The van der Waals surface area contributed by atoms with Gasteiger partial charge in [0.2, 0.25) is 0 Å². The van der Waals surface area contributed by atoms with E-state index in [1.54, 1.807) is 9.80 Å². The van der Waals surface area contributed by atoms with E-state index in [9.17, 15) is 14.0 Å². The third kappa shape index (κ3) is 3.98. The number of fused-ring (bicyclic) bond motifs is 1. The van der Waals surface area contributed by atoms with Crippen LogP contribution in [-0.2, 0) is 0 Å². The van der Waals surface area contributed by atoms with Crippen LogP contribution in [0.1, 0.15) is 27.8 Å². The van der Waals surface area contributed by atoms with E-state index < -0.39 is 5.82 Å². The van der Waals surface area contributed by atoms with Gasteiger partial charge in [-0.25, -0.2) is 4.39 Å². The lowest BCUT2D eigenvalue weighted by Crippen LogP contribution is -2.50. The Morgan fingerprint density at radius 3 is 2.40 bits per heavy atom. The first-order chi connectivity index (χ1) is 14.5. The predicted octanol–water partition coefficient (Wildman–Crippen LogP) is 3.96. The van der Waals surface area contributed by atoms with E-state index >= 15 is 0 Å². The van der Waals surface area contributed by atoms with Gasteiger partial charge in [0.15, 0.2) is 0 Å². The maximum atomic E-state index is 13.2. The van der Waals surface area contributed by atoms with Gasteiger partial charge in [-0.05, 0) is 43.3 Å². The van der Waals surface area contributed by atoms with Crippen molar-refractivity contribution in [3.05, 3.63) is 64.6 Å². The number of rotatable bonds is 4. The predicted molar refractivity (Wildman–Crippen MR) is 113 cm³/mol. The lowest BCUT2D eigenvalue weighted by Gasteiger charge is -2.34. The van der Waals surface area contributed by atoms with Crippen LogP contribution in [0.2, 0.25) is 5.02 Å². The quantitative estimate of drug-likeness (QED) is 0.682. The first-order valence-corrected chi connectivity index (χ1v) is 10.1. The summed E-state index contributed by atoms with van der Waals surface area (Å²) in [6.45, 7) is 4.07. The second-order valence-electron chi connectivity index (χ2n) is 7.07. The van der Waals surface area contributed by atoms with Crippen LogP contribution in [0.3, 0.4) is 0 Å². The lowest BCUT2D eigenvalue weighted by atomic mass is 10.1. The molecular formula is C22H21ClFN3O3. The molecule has 0 atom stereocenters. The standard InChI is InChI=1S/C22H21ClFN3O3/c1-2-30-16-5-3-14-11-20(25-19(14)13-16)22(29)27-9-7-26(8-10-27)21(28)17-6-4-15(24)12-18(17)23/h3-6,11-13,25H,2,7-10H2,1H3. The van der Waals surface area contributed by atoms with Crippen LogP contribution in [0, 0.1) is 5.82 Å². The highest BCUT2D eigenvalue weighted by Gasteiger charge is 2.27. The third-order valence-corrected chi connectivity index (χ3v) is 5.46. The number of nitrogens with zero attached hydrogens (tertiary/aromatic N) is 2. The number of benzene rings is 2. The summed E-state index contributed by atoms with van der Waals surface area (Å²) >= 11 is 6.01. The molecule has 1 aliphatic heterocycles. The molecule has 8 heteroatoms. The van der Waals surface area contributed by atoms with Crippen molar-refractivity contribution < 1.29 is 18.7 Å². The van der Waals surface area contributed by atoms with E-state index in [-0.39, 0.29) is 22.4 Å². The number of ether oxygens (including phenoxy) is 1. The molecule has 3 aromatic rings. The number of carbonyl (C=O) groups excluding carboxylic acids is 2. The highest BCUT2D eigenvalue weighted by Crippen LogP contribution is 2.23. The summed E-state index contributed by atoms with van der Waals surface area (Å²) in [4.78, 5) is 32.1. The second-order valence-corrected chi connectivity index (χ2v) is 7.48. The van der Waals surface area contributed by atoms with Gasteiger partial charge in [-0.2, -0.15) is 0 Å². The van der Waals surface area contributed by atoms with Gasteiger partial charge in [0.25, 0.3) is 11.8 Å². The maximum absolute atomic E-state index is 13.2. The smallest absolute Gasteiger partial charge is 0.270 e. The first kappa shape index (κ1) is 20.2. The Labute approximate surface area is 178 Å². The van der Waals surface area contributed by atoms with E-state index in [1.165, 1.54) is 12.1 Å². The fraction of sp³-hybridized carbons (Fsp3) is 0.273. The van der Waals surface area contributed by atoms with Gasteiger partial charge in [0.05, 0.1) is 17.2 Å². The third-order valence-electron chi connectivity index (χ3n) is 5.15. The van der Waals surface area contributed by atoms with Crippen molar-refractivity contribution in [3.8, 4) is 5.75 Å². The number of hydrogen-bond donors (Lipinski definition) is 1. The average molecular weight is 430 g/mol. The van der Waals surface area contributed by atoms with Crippen LogP contribution < -0.4 is 4.74 Å². The summed E-state index contributed by atoms with van der Waals surface area (Å²) in [7, 11) is 0. The minimum atomic E-state index is -0.487. The molecule has 0 unspecified atom stereocenters. The Balaban J connectivity index is 1.43. The molecule has 0 radical (unpaired) electrons. The molecule has 0 spiro atoms. The topological polar surface area (TPSA) is 65.6 Å². The van der Waals surface area contributed by atoms with E-state index in [1.807, 2.05) is 31.2 Å². The summed E-state index contributed by atoms with van der Waals surface area (Å²) in [5.74, 6) is -0.117. The van der Waals surface area contributed by atoms with Crippen LogP contribution in [0.4, 0.5) is 4.39 Å².